The molecule has 0 aliphatic heterocycles. The third-order valence-corrected chi connectivity index (χ3v) is 0. The fraction of sp³-hybridized carbons (Fsp3) is 0. The van der Waals surface area contributed by atoms with Gasteiger partial charge < -0.3 is 0 Å². The van der Waals surface area contributed by atoms with Gasteiger partial charge >= 0.3 is 20.8 Å². The number of hydrogen-bond acceptors (Lipinski definition) is 6. The molecule has 0 aliphatic carbocycles. The molecule has 1 radical (unpaired) electrons. The predicted molar refractivity (Wildman–Crippen MR) is 33.8 cm³/mol. The van der Waals surface area contributed by atoms with E-state index in [1.165, 1.54) is 0 Å². The molecule has 0 aromatic carbocycles. The maximum Gasteiger partial charge on any atom is 0.394 e. The minimum atomic E-state index is -4.67. The Morgan fingerprint density at radius 2 is 0.692 bits per heavy atom. The summed E-state index contributed by atoms with van der Waals surface area (Å²) in [5.41, 5.74) is 10.0. The molecule has 0 aromatic rings. The van der Waals surface area contributed by atoms with Crippen molar-refractivity contribution in [3.05, 3.63) is 0 Å². The third-order valence-electron chi connectivity index (χ3n) is 0. The summed E-state index contributed by atoms with van der Waals surface area (Å²) in [4.78, 5) is 0. The monoisotopic (exact) mass is 333 g/mol. The van der Waals surface area contributed by atoms with Crippen LogP contribution in [0.25, 0.3) is 0 Å². The van der Waals surface area contributed by atoms with Gasteiger partial charge in [0.25, 0.3) is 0 Å². The van der Waals surface area contributed by atoms with Crippen LogP contribution in [0.15, 0.2) is 0 Å². The van der Waals surface area contributed by atoms with E-state index in [2.05, 4.69) is 0 Å². The summed E-state index contributed by atoms with van der Waals surface area (Å²) in [6.45, 7) is 0. The Hall–Kier alpha value is 0.0803. The zero-order valence-electron chi connectivity index (χ0n) is 5.54. The molecular formula is H6AgN2O8S2. The van der Waals surface area contributed by atoms with E-state index in [0.717, 1.165) is 0 Å². The molecule has 13 heavy (non-hydrogen) atoms. The minimum Gasteiger partial charge on any atom is -0.264 e. The van der Waals surface area contributed by atoms with Gasteiger partial charge in [0.1, 0.15) is 0 Å². The van der Waals surface area contributed by atoms with E-state index in [-0.39, 0.29) is 22.4 Å². The van der Waals surface area contributed by atoms with Gasteiger partial charge in [0.15, 0.2) is 0 Å². The van der Waals surface area contributed by atoms with E-state index in [9.17, 15) is 0 Å². The fourth-order valence-electron chi connectivity index (χ4n) is 0. The van der Waals surface area contributed by atoms with Crippen LogP contribution in [0.5, 0.6) is 0 Å². The molecule has 0 rings (SSSR count). The molecule has 0 aliphatic rings. The molecule has 87 valence electrons. The molecule has 0 fully saturated rings. The van der Waals surface area contributed by atoms with Crippen molar-refractivity contribution in [3.63, 3.8) is 0 Å². The van der Waals surface area contributed by atoms with Gasteiger partial charge in [0.05, 0.1) is 0 Å². The first-order valence-corrected chi connectivity index (χ1v) is 4.44. The molecule has 0 unspecified atom stereocenters. The van der Waals surface area contributed by atoms with E-state index in [0.29, 0.717) is 0 Å². The van der Waals surface area contributed by atoms with Gasteiger partial charge in [-0.25, -0.2) is 11.1 Å². The second kappa shape index (κ2) is 10.2. The summed E-state index contributed by atoms with van der Waals surface area (Å²) in [5, 5.41) is 0. The molecule has 6 N–H and O–H groups in total. The van der Waals surface area contributed by atoms with Gasteiger partial charge in [0, 0.05) is 22.4 Å². The van der Waals surface area contributed by atoms with Crippen LogP contribution in [0.4, 0.5) is 0 Å². The SMILES string of the molecule is N=N.O=S(=O)(O)O.O=S(=O)(O)O.[Ag]. The summed E-state index contributed by atoms with van der Waals surface area (Å²) >= 11 is 0. The normalized spacial score (nSPS) is 9.23. The molecule has 0 bridgehead atoms. The van der Waals surface area contributed by atoms with Crippen molar-refractivity contribution in [1.29, 1.82) is 11.1 Å². The molecule has 0 saturated carbocycles. The van der Waals surface area contributed by atoms with Crippen molar-refractivity contribution in [3.8, 4) is 0 Å². The van der Waals surface area contributed by atoms with Crippen LogP contribution in [-0.2, 0) is 43.2 Å². The third kappa shape index (κ3) is 191000. The van der Waals surface area contributed by atoms with Crippen molar-refractivity contribution >= 4 is 20.8 Å². The second-order valence-electron chi connectivity index (χ2n) is 0.896. The Kier molecular flexibility index (Phi) is 18.1. The molecule has 0 spiro atoms. The Balaban J connectivity index is -0.0000000491. The molecule has 13 heteroatoms. The predicted octanol–water partition coefficient (Wildman–Crippen LogP) is -0.712. The zero-order chi connectivity index (χ0) is 11.0. The molecule has 0 aromatic heterocycles. The largest absolute Gasteiger partial charge is 0.394 e. The summed E-state index contributed by atoms with van der Waals surface area (Å²) in [5.74, 6) is 0. The molecule has 0 atom stereocenters. The van der Waals surface area contributed by atoms with Crippen LogP contribution in [0.2, 0.25) is 0 Å². The van der Waals surface area contributed by atoms with Crippen molar-refractivity contribution in [1.82, 2.24) is 0 Å². The molecule has 10 nitrogen and oxygen atoms in total. The van der Waals surface area contributed by atoms with Gasteiger partial charge in [-0.15, -0.1) is 0 Å². The van der Waals surface area contributed by atoms with E-state index in [4.69, 9.17) is 46.1 Å². The summed E-state index contributed by atoms with van der Waals surface area (Å²) in [7, 11) is -9.33. The van der Waals surface area contributed by atoms with Crippen LogP contribution < -0.4 is 0 Å². The Labute approximate surface area is 89.3 Å². The number of hydrogen-bond donors (Lipinski definition) is 6. The van der Waals surface area contributed by atoms with Crippen molar-refractivity contribution in [2.24, 2.45) is 0 Å². The quantitative estimate of drug-likeness (QED) is 0.189. The molecule has 0 saturated heterocycles. The van der Waals surface area contributed by atoms with E-state index in [1.807, 2.05) is 0 Å². The number of nitrogens with one attached hydrogen (secondary N) is 2. The van der Waals surface area contributed by atoms with E-state index < -0.39 is 20.8 Å². The first kappa shape index (κ1) is 23.2. The summed E-state index contributed by atoms with van der Waals surface area (Å²) < 4.78 is 63.2. The maximum atomic E-state index is 8.74. The van der Waals surface area contributed by atoms with Crippen LogP contribution in [0.3, 0.4) is 0 Å². The average Bonchev–Trinajstić information content (AvgIpc) is 1.59. The van der Waals surface area contributed by atoms with E-state index in [1.54, 1.807) is 0 Å². The standard InChI is InChI=1S/Ag.H2N2.2H2O4S/c;1-2;2*1-5(2,3)4/h;1-2H;2*(H2,1,2,3,4). The van der Waals surface area contributed by atoms with Crippen LogP contribution in [0, 0.1) is 11.1 Å². The maximum absolute atomic E-state index is 8.74. The Morgan fingerprint density at radius 3 is 0.692 bits per heavy atom. The van der Waals surface area contributed by atoms with Gasteiger partial charge in [0.2, 0.25) is 0 Å². The number of rotatable bonds is 0. The zero-order valence-corrected chi connectivity index (χ0v) is 8.66. The Bertz CT molecular complexity index is 229. The van der Waals surface area contributed by atoms with Crippen LogP contribution >= 0.6 is 0 Å². The minimum absolute atomic E-state index is 0. The molecular weight excluding hydrogens is 328 g/mol. The van der Waals surface area contributed by atoms with Crippen molar-refractivity contribution in [2.75, 3.05) is 0 Å². The average molecular weight is 334 g/mol. The molecule has 0 heterocycles. The van der Waals surface area contributed by atoms with Crippen LogP contribution in [0.1, 0.15) is 0 Å². The van der Waals surface area contributed by atoms with Crippen molar-refractivity contribution < 1.29 is 57.4 Å². The first-order valence-electron chi connectivity index (χ1n) is 1.65. The summed E-state index contributed by atoms with van der Waals surface area (Å²) in [6.07, 6.45) is 0. The van der Waals surface area contributed by atoms with Gasteiger partial charge in [-0.1, -0.05) is 0 Å². The van der Waals surface area contributed by atoms with Gasteiger partial charge in [-0.05, 0) is 0 Å². The topological polar surface area (TPSA) is 197 Å². The second-order valence-corrected chi connectivity index (χ2v) is 2.69. The smallest absolute Gasteiger partial charge is 0.264 e. The van der Waals surface area contributed by atoms with Crippen molar-refractivity contribution in [2.45, 2.75) is 0 Å². The van der Waals surface area contributed by atoms with Gasteiger partial charge in [-0.2, -0.15) is 16.8 Å². The first-order chi connectivity index (χ1) is 5.00. The Morgan fingerprint density at radius 1 is 0.692 bits per heavy atom. The molecule has 0 amide bonds. The van der Waals surface area contributed by atoms with E-state index >= 15 is 0 Å². The van der Waals surface area contributed by atoms with Crippen LogP contribution in [-0.4, -0.2) is 35.0 Å². The van der Waals surface area contributed by atoms with Gasteiger partial charge in [-0.3, -0.25) is 18.2 Å². The summed E-state index contributed by atoms with van der Waals surface area (Å²) in [6, 6.07) is 0. The fourth-order valence-corrected chi connectivity index (χ4v) is 0.